The Bertz CT molecular complexity index is 1060. The van der Waals surface area contributed by atoms with E-state index in [9.17, 15) is 0 Å². The molecule has 0 amide bonds. The average Bonchev–Trinajstić information content (AvgIpc) is 2.92. The van der Waals surface area contributed by atoms with Crippen LogP contribution >= 0.6 is 0 Å². The topological polar surface area (TPSA) is 53.5 Å². The number of piperidine rings is 2. The van der Waals surface area contributed by atoms with E-state index in [1.807, 2.05) is 30.3 Å². The first-order valence-electron chi connectivity index (χ1n) is 12.9. The van der Waals surface area contributed by atoms with E-state index in [0.29, 0.717) is 0 Å². The largest absolute Gasteiger partial charge is 0.497 e. The van der Waals surface area contributed by atoms with Gasteiger partial charge in [0, 0.05) is 23.5 Å². The summed E-state index contributed by atoms with van der Waals surface area (Å²) in [6, 6.07) is 17.0. The van der Waals surface area contributed by atoms with E-state index in [-0.39, 0.29) is 0 Å². The molecule has 2 aromatic carbocycles. The summed E-state index contributed by atoms with van der Waals surface area (Å²) in [7, 11) is 1.68. The second-order valence-electron chi connectivity index (χ2n) is 9.59. The van der Waals surface area contributed by atoms with E-state index in [2.05, 4.69) is 33.3 Å². The molecule has 3 aromatic rings. The van der Waals surface area contributed by atoms with Gasteiger partial charge in [-0.2, -0.15) is 0 Å². The molecule has 5 rings (SSSR count). The van der Waals surface area contributed by atoms with Crippen molar-refractivity contribution in [1.82, 2.24) is 19.8 Å². The molecule has 0 saturated carbocycles. The number of nitrogens with one attached hydrogen (secondary N) is 1. The van der Waals surface area contributed by atoms with Crippen LogP contribution in [0.1, 0.15) is 38.5 Å². The Morgan fingerprint density at radius 1 is 0.912 bits per heavy atom. The number of hydrogen-bond donors (Lipinski definition) is 1. The Morgan fingerprint density at radius 2 is 1.68 bits per heavy atom. The van der Waals surface area contributed by atoms with Gasteiger partial charge in [0.1, 0.15) is 11.6 Å². The van der Waals surface area contributed by atoms with Crippen molar-refractivity contribution in [2.24, 2.45) is 0 Å². The molecule has 1 N–H and O–H groups in total. The Balaban J connectivity index is 1.17. The number of rotatable bonds is 8. The lowest BCUT2D eigenvalue weighted by Crippen LogP contribution is -2.46. The molecule has 6 nitrogen and oxygen atoms in total. The average molecular weight is 460 g/mol. The van der Waals surface area contributed by atoms with Gasteiger partial charge in [0.25, 0.3) is 0 Å². The third kappa shape index (κ3) is 5.50. The van der Waals surface area contributed by atoms with Gasteiger partial charge in [-0.05, 0) is 101 Å². The molecule has 34 heavy (non-hydrogen) atoms. The van der Waals surface area contributed by atoms with E-state index >= 15 is 0 Å². The van der Waals surface area contributed by atoms with Gasteiger partial charge in [0.2, 0.25) is 0 Å². The molecule has 2 fully saturated rings. The molecule has 2 aliphatic rings. The van der Waals surface area contributed by atoms with Crippen molar-refractivity contribution >= 4 is 16.7 Å². The molecular weight excluding hydrogens is 422 g/mol. The van der Waals surface area contributed by atoms with Crippen molar-refractivity contribution in [3.63, 3.8) is 0 Å². The van der Waals surface area contributed by atoms with Gasteiger partial charge in [-0.15, -0.1) is 0 Å². The van der Waals surface area contributed by atoms with E-state index in [1.54, 1.807) is 7.11 Å². The Kier molecular flexibility index (Phi) is 7.56. The first kappa shape index (κ1) is 23.1. The number of aromatic nitrogens is 2. The van der Waals surface area contributed by atoms with Crippen LogP contribution in [0.2, 0.25) is 0 Å². The van der Waals surface area contributed by atoms with Crippen molar-refractivity contribution in [3.05, 3.63) is 48.5 Å². The maximum Gasteiger partial charge on any atom is 0.162 e. The lowest BCUT2D eigenvalue weighted by Gasteiger charge is -2.40. The summed E-state index contributed by atoms with van der Waals surface area (Å²) in [4.78, 5) is 15.1. The normalized spacial score (nSPS) is 18.3. The Morgan fingerprint density at radius 3 is 2.44 bits per heavy atom. The number of nitrogens with zero attached hydrogens (tertiary/aromatic N) is 4. The monoisotopic (exact) mass is 459 g/mol. The Hall–Kier alpha value is -2.70. The van der Waals surface area contributed by atoms with Crippen LogP contribution in [0.3, 0.4) is 0 Å². The number of methoxy groups -OCH3 is 1. The van der Waals surface area contributed by atoms with E-state index in [0.717, 1.165) is 59.4 Å². The van der Waals surface area contributed by atoms with Crippen molar-refractivity contribution in [2.75, 3.05) is 51.7 Å². The summed E-state index contributed by atoms with van der Waals surface area (Å²) in [5.74, 6) is 2.49. The van der Waals surface area contributed by atoms with Crippen LogP contribution in [-0.2, 0) is 0 Å². The molecule has 0 radical (unpaired) electrons. The zero-order valence-electron chi connectivity index (χ0n) is 20.4. The molecule has 2 saturated heterocycles. The number of fused-ring (bicyclic) bond motifs is 1. The van der Waals surface area contributed by atoms with Gasteiger partial charge in [0.05, 0.1) is 12.6 Å². The van der Waals surface area contributed by atoms with Crippen LogP contribution in [0.15, 0.2) is 48.5 Å². The van der Waals surface area contributed by atoms with Crippen LogP contribution in [0.4, 0.5) is 5.82 Å². The first-order chi connectivity index (χ1) is 16.8. The van der Waals surface area contributed by atoms with Gasteiger partial charge >= 0.3 is 0 Å². The SMILES string of the molecule is COc1ccc(-c2nc(NCCCN3CCC(N4CCCCC4)CC3)c3ccccc3n2)cc1. The Labute approximate surface area is 203 Å². The maximum absolute atomic E-state index is 5.29. The second kappa shape index (κ2) is 11.2. The third-order valence-electron chi connectivity index (χ3n) is 7.36. The highest BCUT2D eigenvalue weighted by molar-refractivity contribution is 5.90. The predicted octanol–water partition coefficient (Wildman–Crippen LogP) is 5.06. The number of hydrogen-bond acceptors (Lipinski definition) is 6. The standard InChI is InChI=1S/C28H37N5O/c1-34-24-12-10-22(11-13-24)27-30-26-9-4-3-8-25(26)28(31-27)29-16-7-17-32-20-14-23(15-21-32)33-18-5-2-6-19-33/h3-4,8-13,23H,2,5-7,14-21H2,1H3,(H,29,30,31). The van der Waals surface area contributed by atoms with E-state index in [1.165, 1.54) is 58.3 Å². The lowest BCUT2D eigenvalue weighted by molar-refractivity contribution is 0.0925. The number of anilines is 1. The summed E-state index contributed by atoms with van der Waals surface area (Å²) in [5, 5.41) is 4.68. The fraction of sp³-hybridized carbons (Fsp3) is 0.500. The molecule has 3 heterocycles. The van der Waals surface area contributed by atoms with Crippen LogP contribution in [0, 0.1) is 0 Å². The van der Waals surface area contributed by atoms with Crippen LogP contribution in [-0.4, -0.2) is 72.2 Å². The number of benzene rings is 2. The molecule has 0 unspecified atom stereocenters. The number of ether oxygens (including phenoxy) is 1. The smallest absolute Gasteiger partial charge is 0.162 e. The van der Waals surface area contributed by atoms with Crippen molar-refractivity contribution < 1.29 is 4.74 Å². The molecule has 0 bridgehead atoms. The summed E-state index contributed by atoms with van der Waals surface area (Å²) in [5.41, 5.74) is 1.96. The van der Waals surface area contributed by atoms with Gasteiger partial charge < -0.3 is 19.9 Å². The molecule has 0 atom stereocenters. The molecule has 1 aromatic heterocycles. The highest BCUT2D eigenvalue weighted by atomic mass is 16.5. The molecule has 2 aliphatic heterocycles. The summed E-state index contributed by atoms with van der Waals surface area (Å²) < 4.78 is 5.29. The third-order valence-corrected chi connectivity index (χ3v) is 7.36. The first-order valence-corrected chi connectivity index (χ1v) is 12.9. The van der Waals surface area contributed by atoms with Crippen molar-refractivity contribution in [3.8, 4) is 17.1 Å². The maximum atomic E-state index is 5.29. The highest BCUT2D eigenvalue weighted by Crippen LogP contribution is 2.26. The van der Waals surface area contributed by atoms with Gasteiger partial charge in [0.15, 0.2) is 5.82 Å². The second-order valence-corrected chi connectivity index (χ2v) is 9.59. The molecule has 0 spiro atoms. The van der Waals surface area contributed by atoms with Gasteiger partial charge in [-0.3, -0.25) is 0 Å². The van der Waals surface area contributed by atoms with Crippen LogP contribution in [0.25, 0.3) is 22.3 Å². The minimum Gasteiger partial charge on any atom is -0.497 e. The molecule has 0 aliphatic carbocycles. The van der Waals surface area contributed by atoms with E-state index < -0.39 is 0 Å². The van der Waals surface area contributed by atoms with Gasteiger partial charge in [-0.1, -0.05) is 18.6 Å². The van der Waals surface area contributed by atoms with Crippen molar-refractivity contribution in [2.45, 2.75) is 44.6 Å². The minimum atomic E-state index is 0.739. The fourth-order valence-corrected chi connectivity index (χ4v) is 5.38. The zero-order valence-corrected chi connectivity index (χ0v) is 20.4. The molecule has 180 valence electrons. The van der Waals surface area contributed by atoms with Crippen LogP contribution < -0.4 is 10.1 Å². The molecular formula is C28H37N5O. The summed E-state index contributed by atoms with van der Waals surface area (Å²) in [6.45, 7) is 7.17. The van der Waals surface area contributed by atoms with Crippen LogP contribution in [0.5, 0.6) is 5.75 Å². The number of para-hydroxylation sites is 1. The zero-order chi connectivity index (χ0) is 23.2. The lowest BCUT2D eigenvalue weighted by atomic mass is 10.00. The number of likely N-dealkylation sites (tertiary alicyclic amines) is 2. The van der Waals surface area contributed by atoms with E-state index in [4.69, 9.17) is 14.7 Å². The fourth-order valence-electron chi connectivity index (χ4n) is 5.38. The predicted molar refractivity (Wildman–Crippen MR) is 140 cm³/mol. The quantitative estimate of drug-likeness (QED) is 0.476. The van der Waals surface area contributed by atoms with Gasteiger partial charge in [-0.25, -0.2) is 9.97 Å². The summed E-state index contributed by atoms with van der Waals surface area (Å²) in [6.07, 6.45) is 7.98. The summed E-state index contributed by atoms with van der Waals surface area (Å²) >= 11 is 0. The minimum absolute atomic E-state index is 0.739. The van der Waals surface area contributed by atoms with Crippen molar-refractivity contribution in [1.29, 1.82) is 0 Å². The molecule has 6 heteroatoms. The highest BCUT2D eigenvalue weighted by Gasteiger charge is 2.25.